The van der Waals surface area contributed by atoms with Crippen LogP contribution in [-0.2, 0) is 11.3 Å². The van der Waals surface area contributed by atoms with E-state index in [-0.39, 0.29) is 18.2 Å². The maximum atomic E-state index is 12.7. The van der Waals surface area contributed by atoms with Gasteiger partial charge in [-0.2, -0.15) is 8.78 Å². The number of benzene rings is 2. The summed E-state index contributed by atoms with van der Waals surface area (Å²) in [6.07, 6.45) is 1.61. The van der Waals surface area contributed by atoms with Crippen LogP contribution in [0, 0.1) is 0 Å². The zero-order valence-electron chi connectivity index (χ0n) is 16.0. The van der Waals surface area contributed by atoms with Crippen molar-refractivity contribution in [2.75, 3.05) is 13.6 Å². The van der Waals surface area contributed by atoms with Gasteiger partial charge in [-0.05, 0) is 35.4 Å². The van der Waals surface area contributed by atoms with Crippen molar-refractivity contribution in [3.63, 3.8) is 0 Å². The Morgan fingerprint density at radius 1 is 1.03 bits per heavy atom. The van der Waals surface area contributed by atoms with Crippen molar-refractivity contribution in [2.45, 2.75) is 19.2 Å². The predicted molar refractivity (Wildman–Crippen MR) is 104 cm³/mol. The van der Waals surface area contributed by atoms with Gasteiger partial charge < -0.3 is 19.4 Å². The van der Waals surface area contributed by atoms with Crippen molar-refractivity contribution in [3.05, 3.63) is 89.9 Å². The molecule has 0 saturated carbocycles. The summed E-state index contributed by atoms with van der Waals surface area (Å²) in [5, 5.41) is 3.04. The Labute approximate surface area is 167 Å². The molecule has 7 heteroatoms. The summed E-state index contributed by atoms with van der Waals surface area (Å²) in [6.45, 7) is -2.02. The van der Waals surface area contributed by atoms with Crippen molar-refractivity contribution >= 4 is 5.91 Å². The Bertz CT molecular complexity index is 884. The molecule has 0 saturated heterocycles. The number of ether oxygens (including phenoxy) is 1. The van der Waals surface area contributed by atoms with E-state index in [1.54, 1.807) is 18.4 Å². The maximum absolute atomic E-state index is 12.7. The molecule has 3 rings (SSSR count). The van der Waals surface area contributed by atoms with Gasteiger partial charge in [0.15, 0.2) is 12.3 Å². The van der Waals surface area contributed by atoms with Crippen molar-refractivity contribution < 1.29 is 27.6 Å². The summed E-state index contributed by atoms with van der Waals surface area (Å²) in [5.41, 5.74) is 1.67. The van der Waals surface area contributed by atoms with Gasteiger partial charge in [0, 0.05) is 0 Å². The molecular weight excluding hydrogens is 378 g/mol. The predicted octanol–water partition coefficient (Wildman–Crippen LogP) is 2.80. The van der Waals surface area contributed by atoms with Crippen LogP contribution >= 0.6 is 0 Å². The van der Waals surface area contributed by atoms with Crippen molar-refractivity contribution in [1.29, 1.82) is 0 Å². The first-order valence-corrected chi connectivity index (χ1v) is 9.24. The quantitative estimate of drug-likeness (QED) is 0.580. The second-order valence-electron chi connectivity index (χ2n) is 6.75. The van der Waals surface area contributed by atoms with E-state index in [4.69, 9.17) is 4.42 Å². The molecule has 1 unspecified atom stereocenters. The van der Waals surface area contributed by atoms with Gasteiger partial charge in [0.2, 0.25) is 0 Å². The molecule has 0 aliphatic rings. The number of hydrogen-bond acceptors (Lipinski definition) is 3. The van der Waals surface area contributed by atoms with Crippen molar-refractivity contribution in [2.24, 2.45) is 0 Å². The summed E-state index contributed by atoms with van der Waals surface area (Å²) >= 11 is 0. The average molecular weight is 401 g/mol. The van der Waals surface area contributed by atoms with Gasteiger partial charge in [-0.15, -0.1) is 0 Å². The minimum Gasteiger partial charge on any atom is -0.463 e. The molecular formula is C22H23F2N2O3+. The van der Waals surface area contributed by atoms with Crippen LogP contribution in [0.4, 0.5) is 8.78 Å². The van der Waals surface area contributed by atoms with Gasteiger partial charge in [-0.1, -0.05) is 42.5 Å². The van der Waals surface area contributed by atoms with E-state index >= 15 is 0 Å². The normalized spacial score (nSPS) is 13.1. The molecule has 1 heterocycles. The number of likely N-dealkylation sites (N-methyl/N-ethyl adjacent to an activating group) is 1. The summed E-state index contributed by atoms with van der Waals surface area (Å²) < 4.78 is 34.5. The number of alkyl halides is 2. The number of carbonyl (C=O) groups excluding carboxylic acids is 1. The lowest BCUT2D eigenvalue weighted by Crippen LogP contribution is -3.08. The second-order valence-corrected chi connectivity index (χ2v) is 6.75. The second kappa shape index (κ2) is 9.84. The molecule has 0 radical (unpaired) electrons. The number of carbonyl (C=O) groups is 1. The first-order chi connectivity index (χ1) is 14.0. The van der Waals surface area contributed by atoms with Crippen LogP contribution in [-0.4, -0.2) is 26.1 Å². The topological polar surface area (TPSA) is 55.9 Å². The summed E-state index contributed by atoms with van der Waals surface area (Å²) in [5.74, 6) is 0.754. The number of nitrogens with one attached hydrogen (secondary N) is 2. The molecule has 3 aromatic rings. The van der Waals surface area contributed by atoms with Gasteiger partial charge >= 0.3 is 6.61 Å². The van der Waals surface area contributed by atoms with Crippen molar-refractivity contribution in [1.82, 2.24) is 5.32 Å². The van der Waals surface area contributed by atoms with Gasteiger partial charge in [0.25, 0.3) is 5.91 Å². The Kier molecular flexibility index (Phi) is 6.97. The molecule has 29 heavy (non-hydrogen) atoms. The number of amides is 1. The zero-order valence-corrected chi connectivity index (χ0v) is 16.0. The van der Waals surface area contributed by atoms with Crippen LogP contribution in [0.15, 0.2) is 77.4 Å². The minimum absolute atomic E-state index is 0.0736. The Morgan fingerprint density at radius 3 is 2.34 bits per heavy atom. The highest BCUT2D eigenvalue weighted by Gasteiger charge is 2.20. The maximum Gasteiger partial charge on any atom is 0.387 e. The Balaban J connectivity index is 1.71. The number of rotatable bonds is 9. The highest BCUT2D eigenvalue weighted by molar-refractivity contribution is 5.77. The molecule has 0 bridgehead atoms. The fourth-order valence-corrected chi connectivity index (χ4v) is 3.11. The van der Waals surface area contributed by atoms with Crippen LogP contribution in [0.25, 0.3) is 0 Å². The van der Waals surface area contributed by atoms with Gasteiger partial charge in [-0.25, -0.2) is 0 Å². The highest BCUT2D eigenvalue weighted by atomic mass is 19.3. The molecule has 2 atom stereocenters. The van der Waals surface area contributed by atoms with E-state index in [9.17, 15) is 13.6 Å². The Morgan fingerprint density at radius 2 is 1.72 bits per heavy atom. The Hall–Kier alpha value is -3.19. The third-order valence-electron chi connectivity index (χ3n) is 4.40. The van der Waals surface area contributed by atoms with E-state index in [2.05, 4.69) is 10.1 Å². The summed E-state index contributed by atoms with van der Waals surface area (Å²) in [7, 11) is 1.91. The molecule has 0 spiro atoms. The van der Waals surface area contributed by atoms with Gasteiger partial charge in [-0.3, -0.25) is 4.79 Å². The molecule has 152 valence electrons. The molecule has 1 aromatic heterocycles. The molecule has 5 nitrogen and oxygen atoms in total. The fraction of sp³-hybridized carbons (Fsp3) is 0.227. The number of halogens is 2. The molecule has 2 N–H and O–H groups in total. The van der Waals surface area contributed by atoms with Crippen molar-refractivity contribution in [3.8, 4) is 5.75 Å². The van der Waals surface area contributed by atoms with E-state index in [0.29, 0.717) is 6.54 Å². The van der Waals surface area contributed by atoms with E-state index in [1.165, 1.54) is 12.1 Å². The molecule has 2 aromatic carbocycles. The molecule has 0 aliphatic heterocycles. The summed E-state index contributed by atoms with van der Waals surface area (Å²) in [4.78, 5) is 13.6. The lowest BCUT2D eigenvalue weighted by molar-refractivity contribution is -0.886. The average Bonchev–Trinajstić information content (AvgIpc) is 3.20. The largest absolute Gasteiger partial charge is 0.463 e. The van der Waals surface area contributed by atoms with Gasteiger partial charge in [0.1, 0.15) is 12.3 Å². The number of quaternary nitrogens is 1. The standard InChI is InChI=1S/C22H22F2N2O3/c1-26(14-19-8-5-13-28-19)15-20(27)25-21(16-6-3-2-4-7-16)17-9-11-18(12-10-17)29-22(23)24/h2-13,21-22H,14-15H2,1H3,(H,25,27)/p+1/t21-/m0/s1. The van der Waals surface area contributed by atoms with E-state index in [0.717, 1.165) is 21.8 Å². The van der Waals surface area contributed by atoms with Crippen LogP contribution in [0.3, 0.4) is 0 Å². The third-order valence-corrected chi connectivity index (χ3v) is 4.40. The molecule has 0 fully saturated rings. The van der Waals surface area contributed by atoms with Crippen LogP contribution in [0.2, 0.25) is 0 Å². The summed E-state index contributed by atoms with van der Waals surface area (Å²) in [6, 6.07) is 19.1. The van der Waals surface area contributed by atoms with Crippen LogP contribution < -0.4 is 15.0 Å². The highest BCUT2D eigenvalue weighted by Crippen LogP contribution is 2.24. The van der Waals surface area contributed by atoms with E-state index in [1.807, 2.05) is 49.5 Å². The molecule has 0 aliphatic carbocycles. The first-order valence-electron chi connectivity index (χ1n) is 9.24. The smallest absolute Gasteiger partial charge is 0.387 e. The third kappa shape index (κ3) is 6.15. The fourth-order valence-electron chi connectivity index (χ4n) is 3.11. The van der Waals surface area contributed by atoms with E-state index < -0.39 is 12.7 Å². The monoisotopic (exact) mass is 401 g/mol. The lowest BCUT2D eigenvalue weighted by atomic mass is 9.98. The van der Waals surface area contributed by atoms with Crippen LogP contribution in [0.1, 0.15) is 22.9 Å². The SMILES string of the molecule is C[NH+](CC(=O)N[C@@H](c1ccccc1)c1ccc(OC(F)F)cc1)Cc1ccco1. The molecule has 1 amide bonds. The van der Waals surface area contributed by atoms with Crippen LogP contribution in [0.5, 0.6) is 5.75 Å². The minimum atomic E-state index is -2.88. The number of furan rings is 1. The first kappa shape index (κ1) is 20.5. The lowest BCUT2D eigenvalue weighted by Gasteiger charge is -2.21. The zero-order chi connectivity index (χ0) is 20.6. The van der Waals surface area contributed by atoms with Gasteiger partial charge in [0.05, 0.1) is 19.4 Å². The number of hydrogen-bond donors (Lipinski definition) is 2.